The Labute approximate surface area is 132 Å². The van der Waals surface area contributed by atoms with Crippen molar-refractivity contribution in [1.29, 1.82) is 0 Å². The Morgan fingerprint density at radius 1 is 1.29 bits per heavy atom. The molecule has 0 radical (unpaired) electrons. The zero-order valence-corrected chi connectivity index (χ0v) is 13.4. The van der Waals surface area contributed by atoms with Crippen LogP contribution in [0.3, 0.4) is 0 Å². The van der Waals surface area contributed by atoms with Gasteiger partial charge in [-0.15, -0.1) is 0 Å². The van der Waals surface area contributed by atoms with Gasteiger partial charge in [-0.05, 0) is 18.2 Å². The summed E-state index contributed by atoms with van der Waals surface area (Å²) in [7, 11) is 1.37. The summed E-state index contributed by atoms with van der Waals surface area (Å²) >= 11 is 3.35. The van der Waals surface area contributed by atoms with Crippen molar-refractivity contribution in [2.45, 2.75) is 0 Å². The van der Waals surface area contributed by atoms with Gasteiger partial charge >= 0.3 is 5.97 Å². The average molecular weight is 356 g/mol. The zero-order valence-electron chi connectivity index (χ0n) is 11.8. The maximum atomic E-state index is 12.5. The quantitative estimate of drug-likeness (QED) is 0.645. The SMILES string of the molecule is COC(=O)CN1CCN(C(=O)c2cc(Br)ccc2N)CC1. The van der Waals surface area contributed by atoms with Crippen LogP contribution in [0.5, 0.6) is 0 Å². The number of hydrogen-bond acceptors (Lipinski definition) is 5. The second-order valence-corrected chi connectivity index (χ2v) is 5.79. The van der Waals surface area contributed by atoms with Gasteiger partial charge in [0.05, 0.1) is 19.2 Å². The van der Waals surface area contributed by atoms with E-state index in [0.29, 0.717) is 37.4 Å². The Morgan fingerprint density at radius 2 is 1.95 bits per heavy atom. The molecule has 21 heavy (non-hydrogen) atoms. The Balaban J connectivity index is 1.97. The minimum absolute atomic E-state index is 0.0773. The molecule has 1 fully saturated rings. The topological polar surface area (TPSA) is 75.9 Å². The number of nitrogen functional groups attached to an aromatic ring is 1. The van der Waals surface area contributed by atoms with Crippen LogP contribution in [0.1, 0.15) is 10.4 Å². The average Bonchev–Trinajstić information content (AvgIpc) is 2.49. The van der Waals surface area contributed by atoms with Crippen LogP contribution in [0.2, 0.25) is 0 Å². The standard InChI is InChI=1S/C14H18BrN3O3/c1-21-13(19)9-17-4-6-18(7-5-17)14(20)11-8-10(15)2-3-12(11)16/h2-3,8H,4-7,9,16H2,1H3. The second kappa shape index (κ2) is 6.91. The molecule has 1 saturated heterocycles. The smallest absolute Gasteiger partial charge is 0.319 e. The van der Waals surface area contributed by atoms with Gasteiger partial charge < -0.3 is 15.4 Å². The summed E-state index contributed by atoms with van der Waals surface area (Å²) in [5, 5.41) is 0. The molecule has 114 valence electrons. The van der Waals surface area contributed by atoms with Crippen molar-refractivity contribution in [3.05, 3.63) is 28.2 Å². The Morgan fingerprint density at radius 3 is 2.57 bits per heavy atom. The highest BCUT2D eigenvalue weighted by atomic mass is 79.9. The van der Waals surface area contributed by atoms with E-state index in [1.165, 1.54) is 7.11 Å². The highest BCUT2D eigenvalue weighted by Crippen LogP contribution is 2.20. The fourth-order valence-electron chi connectivity index (χ4n) is 2.24. The lowest BCUT2D eigenvalue weighted by molar-refractivity contribution is -0.142. The number of anilines is 1. The fraction of sp³-hybridized carbons (Fsp3) is 0.429. The molecule has 0 bridgehead atoms. The second-order valence-electron chi connectivity index (χ2n) is 4.88. The van der Waals surface area contributed by atoms with Crippen molar-refractivity contribution in [3.63, 3.8) is 0 Å². The van der Waals surface area contributed by atoms with Gasteiger partial charge in [0.1, 0.15) is 0 Å². The molecule has 2 rings (SSSR count). The third-order valence-electron chi connectivity index (χ3n) is 3.49. The molecule has 0 saturated carbocycles. The molecule has 0 aliphatic carbocycles. The molecule has 0 atom stereocenters. The van der Waals surface area contributed by atoms with Crippen LogP contribution in [0.15, 0.2) is 22.7 Å². The lowest BCUT2D eigenvalue weighted by Crippen LogP contribution is -2.50. The van der Waals surface area contributed by atoms with Gasteiger partial charge in [-0.3, -0.25) is 14.5 Å². The summed E-state index contributed by atoms with van der Waals surface area (Å²) in [5.41, 5.74) is 6.85. The van der Waals surface area contributed by atoms with Crippen molar-refractivity contribution in [1.82, 2.24) is 9.80 Å². The van der Waals surface area contributed by atoms with E-state index in [1.807, 2.05) is 4.90 Å². The van der Waals surface area contributed by atoms with Gasteiger partial charge in [0.2, 0.25) is 0 Å². The number of halogens is 1. The zero-order chi connectivity index (χ0) is 15.4. The van der Waals surface area contributed by atoms with E-state index in [4.69, 9.17) is 5.73 Å². The number of carbonyl (C=O) groups excluding carboxylic acids is 2. The third-order valence-corrected chi connectivity index (χ3v) is 3.98. The number of piperazine rings is 1. The molecule has 1 aromatic carbocycles. The van der Waals surface area contributed by atoms with Crippen molar-refractivity contribution in [2.24, 2.45) is 0 Å². The lowest BCUT2D eigenvalue weighted by atomic mass is 10.1. The van der Waals surface area contributed by atoms with E-state index >= 15 is 0 Å². The van der Waals surface area contributed by atoms with Gasteiger partial charge in [0.25, 0.3) is 5.91 Å². The molecule has 1 aliphatic rings. The summed E-state index contributed by atoms with van der Waals surface area (Å²) in [6.07, 6.45) is 0. The molecule has 1 aliphatic heterocycles. The lowest BCUT2D eigenvalue weighted by Gasteiger charge is -2.34. The number of nitrogens with zero attached hydrogens (tertiary/aromatic N) is 2. The fourth-order valence-corrected chi connectivity index (χ4v) is 2.60. The van der Waals surface area contributed by atoms with Crippen LogP contribution in [0.25, 0.3) is 0 Å². The number of esters is 1. The third kappa shape index (κ3) is 3.95. The first-order valence-corrected chi connectivity index (χ1v) is 7.44. The minimum Gasteiger partial charge on any atom is -0.468 e. The molecule has 7 heteroatoms. The van der Waals surface area contributed by atoms with Crippen LogP contribution in [-0.2, 0) is 9.53 Å². The van der Waals surface area contributed by atoms with Crippen molar-refractivity contribution >= 4 is 33.5 Å². The molecule has 1 heterocycles. The van der Waals surface area contributed by atoms with Crippen LogP contribution in [0, 0.1) is 0 Å². The maximum Gasteiger partial charge on any atom is 0.319 e. The van der Waals surface area contributed by atoms with Crippen molar-refractivity contribution in [3.8, 4) is 0 Å². The van der Waals surface area contributed by atoms with E-state index in [9.17, 15) is 9.59 Å². The number of benzene rings is 1. The van der Waals surface area contributed by atoms with Gasteiger partial charge in [0, 0.05) is 36.3 Å². The molecular weight excluding hydrogens is 338 g/mol. The van der Waals surface area contributed by atoms with E-state index in [1.54, 1.807) is 23.1 Å². The number of hydrogen-bond donors (Lipinski definition) is 1. The molecular formula is C14H18BrN3O3. The summed E-state index contributed by atoms with van der Waals surface area (Å²) in [6.45, 7) is 2.70. The number of rotatable bonds is 3. The van der Waals surface area contributed by atoms with E-state index in [0.717, 1.165) is 4.47 Å². The number of ether oxygens (including phenoxy) is 1. The van der Waals surface area contributed by atoms with Crippen LogP contribution in [-0.4, -0.2) is 61.5 Å². The van der Waals surface area contributed by atoms with Crippen LogP contribution in [0.4, 0.5) is 5.69 Å². The summed E-state index contributed by atoms with van der Waals surface area (Å²) in [4.78, 5) is 27.4. The highest BCUT2D eigenvalue weighted by Gasteiger charge is 2.24. The maximum absolute atomic E-state index is 12.5. The minimum atomic E-state index is -0.258. The molecule has 2 N–H and O–H groups in total. The summed E-state index contributed by atoms with van der Waals surface area (Å²) in [5.74, 6) is -0.336. The van der Waals surface area contributed by atoms with Crippen molar-refractivity contribution in [2.75, 3.05) is 45.6 Å². The van der Waals surface area contributed by atoms with Gasteiger partial charge in [-0.1, -0.05) is 15.9 Å². The first kappa shape index (κ1) is 15.8. The molecule has 1 aromatic rings. The molecule has 0 spiro atoms. The highest BCUT2D eigenvalue weighted by molar-refractivity contribution is 9.10. The number of methoxy groups -OCH3 is 1. The number of carbonyl (C=O) groups is 2. The largest absolute Gasteiger partial charge is 0.468 e. The van der Waals surface area contributed by atoms with E-state index in [-0.39, 0.29) is 18.4 Å². The monoisotopic (exact) mass is 355 g/mol. The molecule has 0 aromatic heterocycles. The molecule has 0 unspecified atom stereocenters. The van der Waals surface area contributed by atoms with E-state index in [2.05, 4.69) is 20.7 Å². The first-order chi connectivity index (χ1) is 10.0. The Bertz CT molecular complexity index is 542. The van der Waals surface area contributed by atoms with Crippen molar-refractivity contribution < 1.29 is 14.3 Å². The predicted molar refractivity (Wildman–Crippen MR) is 82.9 cm³/mol. The van der Waals surface area contributed by atoms with E-state index < -0.39 is 0 Å². The van der Waals surface area contributed by atoms with Crippen LogP contribution < -0.4 is 5.73 Å². The summed E-state index contributed by atoms with van der Waals surface area (Å²) in [6, 6.07) is 5.25. The first-order valence-electron chi connectivity index (χ1n) is 6.64. The van der Waals surface area contributed by atoms with Gasteiger partial charge in [-0.25, -0.2) is 0 Å². The van der Waals surface area contributed by atoms with Gasteiger partial charge in [0.15, 0.2) is 0 Å². The molecule has 1 amide bonds. The summed E-state index contributed by atoms with van der Waals surface area (Å²) < 4.78 is 5.47. The number of nitrogens with two attached hydrogens (primary N) is 1. The number of amides is 1. The predicted octanol–water partition coefficient (Wildman–Crippen LogP) is 0.962. The molecule has 6 nitrogen and oxygen atoms in total. The van der Waals surface area contributed by atoms with Gasteiger partial charge in [-0.2, -0.15) is 0 Å². The Hall–Kier alpha value is -1.60. The van der Waals surface area contributed by atoms with Crippen LogP contribution >= 0.6 is 15.9 Å². The normalized spacial score (nSPS) is 15.8. The Kier molecular flexibility index (Phi) is 5.19.